The molecule has 0 spiro atoms. The molecule has 0 aliphatic carbocycles. The van der Waals surface area contributed by atoms with Crippen molar-refractivity contribution in [2.24, 2.45) is 5.84 Å². The molecule has 0 amide bonds. The second-order valence-electron chi connectivity index (χ2n) is 4.53. The van der Waals surface area contributed by atoms with Crippen LogP contribution in [0.5, 0.6) is 0 Å². The molecule has 0 fully saturated rings. The van der Waals surface area contributed by atoms with Crippen molar-refractivity contribution in [3.63, 3.8) is 0 Å². The van der Waals surface area contributed by atoms with Crippen LogP contribution in [0.1, 0.15) is 28.3 Å². The zero-order valence-electron chi connectivity index (χ0n) is 10.5. The maximum atomic E-state index is 5.70. The average molecular weight is 325 g/mol. The normalized spacial score (nSPS) is 12.7. The summed E-state index contributed by atoms with van der Waals surface area (Å²) in [6, 6.07) is 6.69. The summed E-state index contributed by atoms with van der Waals surface area (Å²) in [6.07, 6.45) is 0.902. The van der Waals surface area contributed by atoms with Gasteiger partial charge in [0.1, 0.15) is 0 Å². The quantitative estimate of drug-likeness (QED) is 0.661. The first-order valence-electron chi connectivity index (χ1n) is 5.85. The van der Waals surface area contributed by atoms with Crippen LogP contribution in [0.15, 0.2) is 33.4 Å². The molecule has 0 bridgehead atoms. The molecular weight excluding hydrogens is 308 g/mol. The van der Waals surface area contributed by atoms with E-state index in [4.69, 9.17) is 5.84 Å². The highest BCUT2D eigenvalue weighted by Gasteiger charge is 2.15. The van der Waals surface area contributed by atoms with E-state index >= 15 is 0 Å². The van der Waals surface area contributed by atoms with Crippen molar-refractivity contribution >= 4 is 27.3 Å². The maximum absolute atomic E-state index is 5.70. The fourth-order valence-corrected chi connectivity index (χ4v) is 3.67. The Morgan fingerprint density at radius 1 is 1.33 bits per heavy atom. The molecule has 2 nitrogen and oxygen atoms in total. The second-order valence-corrected chi connectivity index (χ2v) is 6.13. The van der Waals surface area contributed by atoms with Crippen molar-refractivity contribution < 1.29 is 0 Å². The average Bonchev–Trinajstić information content (AvgIpc) is 2.77. The van der Waals surface area contributed by atoms with Gasteiger partial charge in [-0.25, -0.2) is 0 Å². The van der Waals surface area contributed by atoms with Gasteiger partial charge in [0, 0.05) is 9.85 Å². The number of thiophene rings is 1. The van der Waals surface area contributed by atoms with Crippen LogP contribution in [-0.2, 0) is 6.42 Å². The number of benzene rings is 1. The van der Waals surface area contributed by atoms with E-state index in [0.717, 1.165) is 10.9 Å². The Morgan fingerprint density at radius 2 is 2.11 bits per heavy atom. The van der Waals surface area contributed by atoms with E-state index in [9.17, 15) is 0 Å². The minimum Gasteiger partial charge on any atom is -0.271 e. The number of nitrogens with one attached hydrogen (secondary N) is 1. The summed E-state index contributed by atoms with van der Waals surface area (Å²) in [7, 11) is 0. The summed E-state index contributed by atoms with van der Waals surface area (Å²) in [6.45, 7) is 4.26. The first kappa shape index (κ1) is 13.7. The van der Waals surface area contributed by atoms with E-state index in [0.29, 0.717) is 0 Å². The number of nitrogens with two attached hydrogens (primary N) is 1. The van der Waals surface area contributed by atoms with Crippen LogP contribution in [0.25, 0.3) is 0 Å². The van der Waals surface area contributed by atoms with E-state index in [2.05, 4.69) is 64.2 Å². The molecule has 2 rings (SSSR count). The summed E-state index contributed by atoms with van der Waals surface area (Å²) in [5, 5.41) is 4.22. The Kier molecular flexibility index (Phi) is 4.56. The van der Waals surface area contributed by atoms with Gasteiger partial charge in [-0.15, -0.1) is 0 Å². The molecule has 96 valence electrons. The van der Waals surface area contributed by atoms with E-state index in [1.807, 2.05) is 0 Å². The Balaban J connectivity index is 2.26. The van der Waals surface area contributed by atoms with Gasteiger partial charge in [0.15, 0.2) is 0 Å². The monoisotopic (exact) mass is 324 g/mol. The summed E-state index contributed by atoms with van der Waals surface area (Å²) >= 11 is 5.25. The van der Waals surface area contributed by atoms with Crippen LogP contribution in [0.3, 0.4) is 0 Å². The van der Waals surface area contributed by atoms with Crippen LogP contribution in [-0.4, -0.2) is 0 Å². The van der Waals surface area contributed by atoms with Crippen LogP contribution in [0.2, 0.25) is 0 Å². The molecule has 0 radical (unpaired) electrons. The SMILES string of the molecule is Cc1ccc(C)c(CC(NN)c2cscc2Br)c1. The number of rotatable bonds is 4. The fourth-order valence-electron chi connectivity index (χ4n) is 2.04. The second kappa shape index (κ2) is 5.97. The van der Waals surface area contributed by atoms with Crippen LogP contribution < -0.4 is 11.3 Å². The first-order chi connectivity index (χ1) is 8.61. The smallest absolute Gasteiger partial charge is 0.0519 e. The van der Waals surface area contributed by atoms with Gasteiger partial charge in [0.2, 0.25) is 0 Å². The minimum atomic E-state index is 0.145. The van der Waals surface area contributed by atoms with Crippen molar-refractivity contribution in [1.29, 1.82) is 0 Å². The van der Waals surface area contributed by atoms with E-state index in [1.165, 1.54) is 22.3 Å². The van der Waals surface area contributed by atoms with Gasteiger partial charge in [0.25, 0.3) is 0 Å². The number of aryl methyl sites for hydroxylation is 2. The lowest BCUT2D eigenvalue weighted by Crippen LogP contribution is -2.29. The van der Waals surface area contributed by atoms with Gasteiger partial charge in [-0.2, -0.15) is 11.3 Å². The van der Waals surface area contributed by atoms with Crippen LogP contribution in [0, 0.1) is 13.8 Å². The van der Waals surface area contributed by atoms with Gasteiger partial charge in [-0.05, 0) is 58.3 Å². The Labute approximate surface area is 120 Å². The van der Waals surface area contributed by atoms with Gasteiger partial charge >= 0.3 is 0 Å². The van der Waals surface area contributed by atoms with Crippen molar-refractivity contribution in [3.8, 4) is 0 Å². The van der Waals surface area contributed by atoms with E-state index in [1.54, 1.807) is 11.3 Å². The Morgan fingerprint density at radius 3 is 2.72 bits per heavy atom. The van der Waals surface area contributed by atoms with Crippen molar-refractivity contribution in [3.05, 3.63) is 55.7 Å². The zero-order valence-corrected chi connectivity index (χ0v) is 12.9. The molecule has 0 saturated carbocycles. The maximum Gasteiger partial charge on any atom is 0.0519 e. The number of halogens is 1. The highest BCUT2D eigenvalue weighted by molar-refractivity contribution is 9.10. The third kappa shape index (κ3) is 3.01. The summed E-state index contributed by atoms with van der Waals surface area (Å²) in [5.41, 5.74) is 8.09. The van der Waals surface area contributed by atoms with Crippen molar-refractivity contribution in [2.75, 3.05) is 0 Å². The molecule has 1 unspecified atom stereocenters. The first-order valence-corrected chi connectivity index (χ1v) is 7.59. The third-order valence-corrected chi connectivity index (χ3v) is 4.90. The standard InChI is InChI=1S/C14H17BrN2S/c1-9-3-4-10(2)11(5-9)6-14(17-16)12-7-18-8-13(12)15/h3-5,7-8,14,17H,6,16H2,1-2H3. The molecule has 3 N–H and O–H groups in total. The fraction of sp³-hybridized carbons (Fsp3) is 0.286. The highest BCUT2D eigenvalue weighted by Crippen LogP contribution is 2.29. The largest absolute Gasteiger partial charge is 0.271 e. The molecule has 1 atom stereocenters. The summed E-state index contributed by atoms with van der Waals surface area (Å²) in [5.74, 6) is 5.70. The van der Waals surface area contributed by atoms with Gasteiger partial charge in [0.05, 0.1) is 6.04 Å². The predicted octanol–water partition coefficient (Wildman–Crippen LogP) is 3.87. The molecule has 18 heavy (non-hydrogen) atoms. The molecule has 0 saturated heterocycles. The Hall–Kier alpha value is -0.680. The summed E-state index contributed by atoms with van der Waals surface area (Å²) < 4.78 is 1.13. The molecule has 0 aliphatic rings. The molecule has 1 aromatic carbocycles. The predicted molar refractivity (Wildman–Crippen MR) is 81.7 cm³/mol. The van der Waals surface area contributed by atoms with E-state index < -0.39 is 0 Å². The number of hydrogen-bond donors (Lipinski definition) is 2. The lowest BCUT2D eigenvalue weighted by atomic mass is 9.96. The lowest BCUT2D eigenvalue weighted by molar-refractivity contribution is 0.550. The molecule has 0 aliphatic heterocycles. The minimum absolute atomic E-state index is 0.145. The molecule has 1 aromatic heterocycles. The van der Waals surface area contributed by atoms with Crippen molar-refractivity contribution in [2.45, 2.75) is 26.3 Å². The van der Waals surface area contributed by atoms with Gasteiger partial charge in [-0.1, -0.05) is 23.8 Å². The molecule has 4 heteroatoms. The topological polar surface area (TPSA) is 38.0 Å². The van der Waals surface area contributed by atoms with E-state index in [-0.39, 0.29) is 6.04 Å². The highest BCUT2D eigenvalue weighted by atomic mass is 79.9. The number of hydrazine groups is 1. The lowest BCUT2D eigenvalue weighted by Gasteiger charge is -2.17. The van der Waals surface area contributed by atoms with Crippen LogP contribution in [0.4, 0.5) is 0 Å². The van der Waals surface area contributed by atoms with Gasteiger partial charge in [-0.3, -0.25) is 11.3 Å². The molecule has 1 heterocycles. The summed E-state index contributed by atoms with van der Waals surface area (Å²) in [4.78, 5) is 0. The molecular formula is C14H17BrN2S. The van der Waals surface area contributed by atoms with Crippen molar-refractivity contribution in [1.82, 2.24) is 5.43 Å². The number of hydrogen-bond acceptors (Lipinski definition) is 3. The third-order valence-electron chi connectivity index (χ3n) is 3.15. The molecule has 2 aromatic rings. The van der Waals surface area contributed by atoms with Crippen LogP contribution >= 0.6 is 27.3 Å². The van der Waals surface area contributed by atoms with Gasteiger partial charge < -0.3 is 0 Å². The zero-order chi connectivity index (χ0) is 13.1. The Bertz CT molecular complexity index is 536.